The number of nitrogens with zero attached hydrogens (tertiary/aromatic N) is 2. The van der Waals surface area contributed by atoms with Crippen molar-refractivity contribution in [3.05, 3.63) is 29.0 Å². The van der Waals surface area contributed by atoms with Gasteiger partial charge in [0.05, 0.1) is 5.92 Å². The number of likely N-dealkylation sites (tertiary alicyclic amines) is 1. The molecule has 2 heterocycles. The van der Waals surface area contributed by atoms with Crippen molar-refractivity contribution >= 4 is 23.5 Å². The van der Waals surface area contributed by atoms with Crippen LogP contribution >= 0.6 is 11.6 Å². The number of hydrogen-bond acceptors (Lipinski definition) is 3. The van der Waals surface area contributed by atoms with Crippen molar-refractivity contribution in [2.24, 2.45) is 5.92 Å². The average molecular weight is 269 g/mol. The Morgan fingerprint density at radius 2 is 2.28 bits per heavy atom. The molecule has 0 aliphatic carbocycles. The molecule has 0 radical (unpaired) electrons. The molecule has 1 aromatic heterocycles. The number of rotatable bonds is 2. The number of aliphatic carboxylic acids is 1. The van der Waals surface area contributed by atoms with Gasteiger partial charge in [0.15, 0.2) is 0 Å². The number of piperidine rings is 1. The first-order valence-electron chi connectivity index (χ1n) is 5.71. The molecule has 1 unspecified atom stereocenters. The fourth-order valence-electron chi connectivity index (χ4n) is 2.05. The molecule has 0 bridgehead atoms. The molecule has 5 nitrogen and oxygen atoms in total. The first-order valence-corrected chi connectivity index (χ1v) is 6.09. The van der Waals surface area contributed by atoms with Crippen LogP contribution in [0.3, 0.4) is 0 Å². The van der Waals surface area contributed by atoms with Crippen LogP contribution in [0.15, 0.2) is 18.3 Å². The van der Waals surface area contributed by atoms with Crippen LogP contribution in [0.5, 0.6) is 0 Å². The SMILES string of the molecule is O=C(O)C1CCCN(C(=O)c2cc(Cl)ccn2)C1. The Hall–Kier alpha value is -1.62. The third kappa shape index (κ3) is 2.79. The number of pyridine rings is 1. The highest BCUT2D eigenvalue weighted by Crippen LogP contribution is 2.19. The molecule has 0 spiro atoms. The molecule has 0 saturated carbocycles. The molecule has 96 valence electrons. The second-order valence-corrected chi connectivity index (χ2v) is 4.72. The van der Waals surface area contributed by atoms with Crippen LogP contribution < -0.4 is 0 Å². The van der Waals surface area contributed by atoms with E-state index in [1.165, 1.54) is 17.2 Å². The van der Waals surface area contributed by atoms with Gasteiger partial charge >= 0.3 is 5.97 Å². The van der Waals surface area contributed by atoms with Crippen molar-refractivity contribution in [3.63, 3.8) is 0 Å². The van der Waals surface area contributed by atoms with E-state index >= 15 is 0 Å². The lowest BCUT2D eigenvalue weighted by Crippen LogP contribution is -2.42. The highest BCUT2D eigenvalue weighted by Gasteiger charge is 2.29. The van der Waals surface area contributed by atoms with E-state index in [0.29, 0.717) is 24.4 Å². The van der Waals surface area contributed by atoms with Gasteiger partial charge in [-0.25, -0.2) is 0 Å². The van der Waals surface area contributed by atoms with Gasteiger partial charge in [-0.05, 0) is 25.0 Å². The summed E-state index contributed by atoms with van der Waals surface area (Å²) in [5.41, 5.74) is 0.258. The second kappa shape index (κ2) is 5.35. The highest BCUT2D eigenvalue weighted by molar-refractivity contribution is 6.30. The molecule has 1 saturated heterocycles. The zero-order valence-corrected chi connectivity index (χ0v) is 10.4. The van der Waals surface area contributed by atoms with Crippen molar-refractivity contribution in [2.45, 2.75) is 12.8 Å². The average Bonchev–Trinajstić information content (AvgIpc) is 2.38. The van der Waals surface area contributed by atoms with Crippen LogP contribution in [0.2, 0.25) is 5.02 Å². The number of carbonyl (C=O) groups excluding carboxylic acids is 1. The smallest absolute Gasteiger partial charge is 0.308 e. The van der Waals surface area contributed by atoms with Crippen LogP contribution in [-0.4, -0.2) is 40.0 Å². The third-order valence-corrected chi connectivity index (χ3v) is 3.23. The number of carboxylic acids is 1. The summed E-state index contributed by atoms with van der Waals surface area (Å²) in [4.78, 5) is 28.6. The maximum Gasteiger partial charge on any atom is 0.308 e. The Bertz CT molecular complexity index is 478. The summed E-state index contributed by atoms with van der Waals surface area (Å²) in [7, 11) is 0. The minimum absolute atomic E-state index is 0.238. The molecule has 6 heteroatoms. The number of carboxylic acid groups (broad SMARTS) is 1. The van der Waals surface area contributed by atoms with E-state index in [-0.39, 0.29) is 18.1 Å². The standard InChI is InChI=1S/C12H13ClN2O3/c13-9-3-4-14-10(6-9)11(16)15-5-1-2-8(7-15)12(17)18/h3-4,6,8H,1-2,5,7H2,(H,17,18). The van der Waals surface area contributed by atoms with E-state index in [4.69, 9.17) is 16.7 Å². The Balaban J connectivity index is 2.11. The third-order valence-electron chi connectivity index (χ3n) is 3.00. The normalized spacial score (nSPS) is 19.6. The zero-order valence-electron chi connectivity index (χ0n) is 9.67. The van der Waals surface area contributed by atoms with Gasteiger partial charge in [-0.1, -0.05) is 11.6 Å². The van der Waals surface area contributed by atoms with Gasteiger partial charge in [0.25, 0.3) is 5.91 Å². The molecule has 0 aromatic carbocycles. The number of halogens is 1. The fraction of sp³-hybridized carbons (Fsp3) is 0.417. The van der Waals surface area contributed by atoms with Gasteiger partial charge in [-0.15, -0.1) is 0 Å². The summed E-state index contributed by atoms with van der Waals surface area (Å²) in [5.74, 6) is -1.60. The fourth-order valence-corrected chi connectivity index (χ4v) is 2.21. The predicted molar refractivity (Wildman–Crippen MR) is 65.5 cm³/mol. The quantitative estimate of drug-likeness (QED) is 0.886. The predicted octanol–water partition coefficient (Wildman–Crippen LogP) is 1.67. The molecule has 1 aliphatic heterocycles. The summed E-state index contributed by atoms with van der Waals surface area (Å²) in [5, 5.41) is 9.42. The Morgan fingerprint density at radius 1 is 1.50 bits per heavy atom. The molecule has 1 aromatic rings. The first-order chi connectivity index (χ1) is 8.58. The van der Waals surface area contributed by atoms with Gasteiger partial charge < -0.3 is 10.0 Å². The van der Waals surface area contributed by atoms with Gasteiger partial charge in [0.2, 0.25) is 0 Å². The van der Waals surface area contributed by atoms with Crippen molar-refractivity contribution in [2.75, 3.05) is 13.1 Å². The van der Waals surface area contributed by atoms with Crippen molar-refractivity contribution < 1.29 is 14.7 Å². The Labute approximate surface area is 109 Å². The lowest BCUT2D eigenvalue weighted by Gasteiger charge is -2.30. The van der Waals surface area contributed by atoms with Crippen LogP contribution in [0.25, 0.3) is 0 Å². The lowest BCUT2D eigenvalue weighted by molar-refractivity contribution is -0.143. The number of aromatic nitrogens is 1. The summed E-state index contributed by atoms with van der Waals surface area (Å²) in [6, 6.07) is 3.09. The van der Waals surface area contributed by atoms with E-state index < -0.39 is 11.9 Å². The zero-order chi connectivity index (χ0) is 13.1. The molecule has 1 N–H and O–H groups in total. The van der Waals surface area contributed by atoms with Crippen LogP contribution in [0, 0.1) is 5.92 Å². The van der Waals surface area contributed by atoms with Gasteiger partial charge in [-0.2, -0.15) is 0 Å². The summed E-state index contributed by atoms with van der Waals surface area (Å²) < 4.78 is 0. The largest absolute Gasteiger partial charge is 0.481 e. The van der Waals surface area contributed by atoms with Crippen molar-refractivity contribution in [1.29, 1.82) is 0 Å². The van der Waals surface area contributed by atoms with E-state index in [2.05, 4.69) is 4.98 Å². The highest BCUT2D eigenvalue weighted by atomic mass is 35.5. The van der Waals surface area contributed by atoms with Crippen molar-refractivity contribution in [3.8, 4) is 0 Å². The van der Waals surface area contributed by atoms with Crippen LogP contribution in [0.4, 0.5) is 0 Å². The molecule has 1 fully saturated rings. The second-order valence-electron chi connectivity index (χ2n) is 4.29. The van der Waals surface area contributed by atoms with Crippen molar-refractivity contribution in [1.82, 2.24) is 9.88 Å². The molecular formula is C12H13ClN2O3. The number of hydrogen-bond donors (Lipinski definition) is 1. The summed E-state index contributed by atoms with van der Waals surface area (Å²) in [6.07, 6.45) is 2.78. The topological polar surface area (TPSA) is 70.5 Å². The van der Waals surface area contributed by atoms with E-state index in [9.17, 15) is 9.59 Å². The summed E-state index contributed by atoms with van der Waals surface area (Å²) in [6.45, 7) is 0.805. The van der Waals surface area contributed by atoms with Gasteiger partial charge in [0.1, 0.15) is 5.69 Å². The lowest BCUT2D eigenvalue weighted by atomic mass is 9.98. The molecular weight excluding hydrogens is 256 g/mol. The van der Waals surface area contributed by atoms with Gasteiger partial charge in [0, 0.05) is 24.3 Å². The number of carbonyl (C=O) groups is 2. The Morgan fingerprint density at radius 3 is 2.94 bits per heavy atom. The summed E-state index contributed by atoms with van der Waals surface area (Å²) >= 11 is 5.80. The first kappa shape index (κ1) is 12.8. The molecule has 1 aliphatic rings. The van der Waals surface area contributed by atoms with E-state index in [1.807, 2.05) is 0 Å². The minimum Gasteiger partial charge on any atom is -0.481 e. The molecule has 18 heavy (non-hydrogen) atoms. The molecule has 1 amide bonds. The van der Waals surface area contributed by atoms with Crippen LogP contribution in [0.1, 0.15) is 23.3 Å². The molecule has 1 atom stereocenters. The maximum atomic E-state index is 12.1. The number of amides is 1. The minimum atomic E-state index is -0.855. The monoisotopic (exact) mass is 268 g/mol. The van der Waals surface area contributed by atoms with Gasteiger partial charge in [-0.3, -0.25) is 14.6 Å². The molecule has 2 rings (SSSR count). The maximum absolute atomic E-state index is 12.1. The van der Waals surface area contributed by atoms with E-state index in [1.54, 1.807) is 6.07 Å². The van der Waals surface area contributed by atoms with E-state index in [0.717, 1.165) is 0 Å². The Kier molecular flexibility index (Phi) is 3.81. The van der Waals surface area contributed by atoms with Crippen LogP contribution in [-0.2, 0) is 4.79 Å².